The first-order chi connectivity index (χ1) is 61.2. The molecule has 0 aromatic rings. The molecule has 0 aliphatic carbocycles. The Morgan fingerprint density at radius 3 is 0.581 bits per heavy atom. The van der Waals surface area contributed by atoms with E-state index in [-0.39, 0.29) is 44.0 Å². The molecule has 0 spiro atoms. The Bertz CT molecular complexity index is 2130. The van der Waals surface area contributed by atoms with Crippen LogP contribution in [0.15, 0.2) is 0 Å². The monoisotopic (exact) mass is 1800 g/mol. The summed E-state index contributed by atoms with van der Waals surface area (Å²) in [5.41, 5.74) is -1.26. The van der Waals surface area contributed by atoms with Gasteiger partial charge in [-0.15, -0.1) is 0 Å². The normalized spacial score (nSPS) is 11.7. The molecule has 0 aliphatic rings. The Morgan fingerprint density at radius 1 is 0.202 bits per heavy atom. The summed E-state index contributed by atoms with van der Waals surface area (Å²) in [6.45, 7) is 29.1. The Morgan fingerprint density at radius 2 is 0.379 bits per heavy atom. The number of esters is 3. The summed E-state index contributed by atoms with van der Waals surface area (Å²) in [6.07, 6.45) is 25.5. The molecule has 0 aromatic heterocycles. The van der Waals surface area contributed by atoms with Crippen LogP contribution in [-0.4, -0.2) is 378 Å². The zero-order valence-corrected chi connectivity index (χ0v) is 77.3. The third-order valence-corrected chi connectivity index (χ3v) is 18.6. The lowest BCUT2D eigenvalue weighted by molar-refractivity contribution is -0.163. The van der Waals surface area contributed by atoms with Crippen LogP contribution < -0.4 is 5.32 Å². The third-order valence-electron chi connectivity index (χ3n) is 18.6. The molecular weight excluding hydrogens is 1620 g/mol. The summed E-state index contributed by atoms with van der Waals surface area (Å²) in [7, 11) is 0. The van der Waals surface area contributed by atoms with Crippen molar-refractivity contribution in [3.63, 3.8) is 0 Å². The van der Waals surface area contributed by atoms with Gasteiger partial charge >= 0.3 is 23.9 Å². The fraction of sp³-hybridized carbons (Fsp3) is 0.944. The molecule has 1 amide bonds. The Kier molecular flexibility index (Phi) is 102. The number of carbonyl (C=O) groups is 5. The fourth-order valence-corrected chi connectivity index (χ4v) is 11.5. The van der Waals surface area contributed by atoms with Crippen LogP contribution in [0.4, 0.5) is 0 Å². The number of aliphatic carboxylic acids is 1. The van der Waals surface area contributed by atoms with Crippen molar-refractivity contribution < 1.29 is 157 Å². The highest BCUT2D eigenvalue weighted by atomic mass is 16.6. The van der Waals surface area contributed by atoms with Gasteiger partial charge in [0.2, 0.25) is 5.91 Å². The van der Waals surface area contributed by atoms with Gasteiger partial charge in [-0.2, -0.15) is 0 Å². The van der Waals surface area contributed by atoms with E-state index in [0.29, 0.717) is 349 Å². The lowest BCUT2D eigenvalue weighted by atomic mass is 9.76. The Hall–Kier alpha value is -3.61. The van der Waals surface area contributed by atoms with E-state index >= 15 is 0 Å². The molecule has 0 heterocycles. The maximum absolute atomic E-state index is 14.3. The van der Waals surface area contributed by atoms with Crippen molar-refractivity contribution in [2.45, 2.75) is 207 Å². The van der Waals surface area contributed by atoms with Gasteiger partial charge in [-0.05, 0) is 44.9 Å². The number of carboxylic acid groups (broad SMARTS) is 1. The zero-order valence-electron chi connectivity index (χ0n) is 77.3. The lowest BCUT2D eigenvalue weighted by Crippen LogP contribution is -2.48. The van der Waals surface area contributed by atoms with Crippen LogP contribution in [0.5, 0.6) is 0 Å². The van der Waals surface area contributed by atoms with Gasteiger partial charge in [0.15, 0.2) is 0 Å². The SMILES string of the molecule is CCCCOC(=O)CCCCCCCCCCCC(CCCCCCCCCCCC(=O)OCCCC)(C(=O)NCCOCCOCCOCCOCCOCCOCCOCCOCCOCCOCCOCCOCCOCCOCCOCCOCCOCCOCCOCCOCCOCCOCCOCCOCCC(=O)O)C(=O)OCCCC. The van der Waals surface area contributed by atoms with Crippen LogP contribution in [0.25, 0.3) is 0 Å². The number of hydrogen-bond acceptors (Lipinski definition) is 32. The zero-order chi connectivity index (χ0) is 89.5. The van der Waals surface area contributed by atoms with Gasteiger partial charge in [0.25, 0.3) is 0 Å². The minimum atomic E-state index is -1.26. The predicted molar refractivity (Wildman–Crippen MR) is 467 cm³/mol. The number of amides is 1. The summed E-state index contributed by atoms with van der Waals surface area (Å²) in [4.78, 5) is 62.6. The highest BCUT2D eigenvalue weighted by molar-refractivity contribution is 6.02. The average Bonchev–Trinajstić information content (AvgIpc) is 0.808. The second-order valence-electron chi connectivity index (χ2n) is 29.2. The van der Waals surface area contributed by atoms with Crippen molar-refractivity contribution in [2.24, 2.45) is 5.41 Å². The molecule has 0 aromatic carbocycles. The summed E-state index contributed by atoms with van der Waals surface area (Å²) in [5.74, 6) is -1.75. The van der Waals surface area contributed by atoms with Crippen molar-refractivity contribution >= 4 is 29.8 Å². The van der Waals surface area contributed by atoms with Gasteiger partial charge in [0.05, 0.1) is 343 Å². The van der Waals surface area contributed by atoms with E-state index in [1.165, 1.54) is 0 Å². The summed E-state index contributed by atoms with van der Waals surface area (Å²) in [5, 5.41) is 11.6. The molecule has 0 unspecified atom stereocenters. The summed E-state index contributed by atoms with van der Waals surface area (Å²) in [6, 6.07) is 0. The molecule has 34 nitrogen and oxygen atoms in total. The largest absolute Gasteiger partial charge is 0.481 e. The lowest BCUT2D eigenvalue weighted by Gasteiger charge is -2.31. The quantitative estimate of drug-likeness (QED) is 0.0247. The molecule has 0 aliphatic heterocycles. The summed E-state index contributed by atoms with van der Waals surface area (Å²) < 4.78 is 149. The number of hydrogen-bond donors (Lipinski definition) is 2. The number of carboxylic acids is 1. The van der Waals surface area contributed by atoms with Crippen LogP contribution in [0.2, 0.25) is 0 Å². The highest BCUT2D eigenvalue weighted by Crippen LogP contribution is 2.35. The second kappa shape index (κ2) is 105. The van der Waals surface area contributed by atoms with Crippen molar-refractivity contribution in [2.75, 3.05) is 343 Å². The molecule has 34 heteroatoms. The molecule has 0 fully saturated rings. The Balaban J connectivity index is 3.74. The van der Waals surface area contributed by atoms with Crippen molar-refractivity contribution in [1.82, 2.24) is 5.32 Å². The maximum Gasteiger partial charge on any atom is 0.321 e. The molecule has 0 radical (unpaired) electrons. The molecule has 0 saturated carbocycles. The maximum atomic E-state index is 14.3. The van der Waals surface area contributed by atoms with Crippen LogP contribution in [0, 0.1) is 5.41 Å². The van der Waals surface area contributed by atoms with Crippen molar-refractivity contribution in [1.29, 1.82) is 0 Å². The first-order valence-corrected chi connectivity index (χ1v) is 47.1. The summed E-state index contributed by atoms with van der Waals surface area (Å²) >= 11 is 0. The van der Waals surface area contributed by atoms with Crippen LogP contribution in [0.1, 0.15) is 207 Å². The van der Waals surface area contributed by atoms with E-state index in [1.807, 2.05) is 0 Å². The van der Waals surface area contributed by atoms with Crippen LogP contribution >= 0.6 is 0 Å². The number of carbonyl (C=O) groups excluding carboxylic acids is 4. The number of rotatable bonds is 110. The van der Waals surface area contributed by atoms with E-state index in [2.05, 4.69) is 26.1 Å². The van der Waals surface area contributed by atoms with Gasteiger partial charge in [0.1, 0.15) is 5.41 Å². The predicted octanol–water partition coefficient (Wildman–Crippen LogP) is 10.6. The highest BCUT2D eigenvalue weighted by Gasteiger charge is 2.46. The van der Waals surface area contributed by atoms with Gasteiger partial charge < -0.3 is 138 Å². The molecule has 0 bridgehead atoms. The molecule has 736 valence electrons. The second-order valence-corrected chi connectivity index (χ2v) is 29.2. The molecule has 0 saturated heterocycles. The first-order valence-electron chi connectivity index (χ1n) is 47.1. The smallest absolute Gasteiger partial charge is 0.321 e. The molecule has 0 rings (SSSR count). The van der Waals surface area contributed by atoms with Gasteiger partial charge in [-0.1, -0.05) is 143 Å². The number of nitrogens with one attached hydrogen (secondary N) is 1. The number of ether oxygens (including phenoxy) is 27. The fourth-order valence-electron chi connectivity index (χ4n) is 11.5. The average molecular weight is 1800 g/mol. The van der Waals surface area contributed by atoms with Gasteiger partial charge in [-0.3, -0.25) is 24.0 Å². The molecule has 124 heavy (non-hydrogen) atoms. The molecule has 2 N–H and O–H groups in total. The topological polar surface area (TPSA) is 367 Å². The molecular formula is C90H173NO33. The Labute approximate surface area is 744 Å². The van der Waals surface area contributed by atoms with E-state index in [0.717, 1.165) is 154 Å². The van der Waals surface area contributed by atoms with Crippen LogP contribution in [0.3, 0.4) is 0 Å². The third kappa shape index (κ3) is 94.5. The van der Waals surface area contributed by atoms with Crippen molar-refractivity contribution in [3.05, 3.63) is 0 Å². The van der Waals surface area contributed by atoms with E-state index in [9.17, 15) is 24.0 Å². The van der Waals surface area contributed by atoms with Crippen LogP contribution in [-0.2, 0) is 152 Å². The minimum absolute atomic E-state index is 0.0137. The van der Waals surface area contributed by atoms with E-state index in [4.69, 9.17) is 133 Å². The van der Waals surface area contributed by atoms with Crippen molar-refractivity contribution in [3.8, 4) is 0 Å². The number of unbranched alkanes of at least 4 members (excludes halogenated alkanes) is 19. The first kappa shape index (κ1) is 120. The van der Waals surface area contributed by atoms with Gasteiger partial charge in [-0.25, -0.2) is 0 Å². The standard InChI is InChI=1S/C90H173NO33/c1-4-7-34-122-86(94)28-24-20-16-12-10-14-18-22-26-31-90(89(97)124-36-9-6-3,32-27-23-19-15-11-13-17-21-25-29-87(95)123-35-8-5-2)88(96)91-33-38-99-40-42-101-44-46-103-48-50-105-52-54-107-56-58-109-60-62-111-64-66-113-68-70-115-72-74-117-76-78-119-80-82-121-84-83-120-81-79-118-77-75-116-73-71-114-69-67-112-65-63-110-61-59-108-57-55-106-53-51-104-49-47-102-45-43-100-41-39-98-37-30-85(92)93/h4-84H2,1-3H3,(H,91,96)(H,92,93). The minimum Gasteiger partial charge on any atom is -0.481 e. The van der Waals surface area contributed by atoms with E-state index < -0.39 is 17.4 Å². The van der Waals surface area contributed by atoms with Gasteiger partial charge in [0, 0.05) is 19.4 Å². The molecule has 0 atom stereocenters. The van der Waals surface area contributed by atoms with E-state index in [1.54, 1.807) is 0 Å².